The van der Waals surface area contributed by atoms with Gasteiger partial charge in [0.1, 0.15) is 9.77 Å². The molecular formula is C10H9N3O3S2. The SMILES string of the molecule is NS(=O)(=O)c1ccccc1NC(=O)c1cncs1. The number of nitrogens with one attached hydrogen (secondary N) is 1. The van der Waals surface area contributed by atoms with Crippen molar-refractivity contribution >= 4 is 33.0 Å². The smallest absolute Gasteiger partial charge is 0.267 e. The van der Waals surface area contributed by atoms with E-state index in [0.717, 1.165) is 11.3 Å². The largest absolute Gasteiger partial charge is 0.320 e. The molecule has 94 valence electrons. The first-order valence-corrected chi connectivity index (χ1v) is 7.23. The highest BCUT2D eigenvalue weighted by Gasteiger charge is 2.16. The Morgan fingerprint density at radius 1 is 1.33 bits per heavy atom. The highest BCUT2D eigenvalue weighted by Crippen LogP contribution is 2.20. The zero-order valence-corrected chi connectivity index (χ0v) is 10.7. The first kappa shape index (κ1) is 12.7. The van der Waals surface area contributed by atoms with Crippen LogP contribution in [0.15, 0.2) is 40.9 Å². The number of primary sulfonamides is 1. The van der Waals surface area contributed by atoms with E-state index in [4.69, 9.17) is 5.14 Å². The molecule has 1 amide bonds. The molecule has 0 radical (unpaired) electrons. The summed E-state index contributed by atoms with van der Waals surface area (Å²) in [5, 5.41) is 7.55. The Labute approximate surface area is 108 Å². The van der Waals surface area contributed by atoms with E-state index in [0.29, 0.717) is 4.88 Å². The highest BCUT2D eigenvalue weighted by molar-refractivity contribution is 7.89. The Bertz CT molecular complexity index is 665. The minimum absolute atomic E-state index is 0.122. The van der Waals surface area contributed by atoms with Crippen LogP contribution in [0.2, 0.25) is 0 Å². The predicted octanol–water partition coefficient (Wildman–Crippen LogP) is 1.04. The van der Waals surface area contributed by atoms with Crippen LogP contribution >= 0.6 is 11.3 Å². The van der Waals surface area contributed by atoms with Gasteiger partial charge in [0, 0.05) is 0 Å². The van der Waals surface area contributed by atoms with E-state index >= 15 is 0 Å². The average Bonchev–Trinajstić information content (AvgIpc) is 2.81. The van der Waals surface area contributed by atoms with Crippen LogP contribution in [0.3, 0.4) is 0 Å². The number of thiazole rings is 1. The molecule has 0 spiro atoms. The summed E-state index contributed by atoms with van der Waals surface area (Å²) in [6, 6.07) is 5.94. The quantitative estimate of drug-likeness (QED) is 0.878. The van der Waals surface area contributed by atoms with Gasteiger partial charge in [-0.2, -0.15) is 0 Å². The fraction of sp³-hybridized carbons (Fsp3) is 0. The molecule has 0 fully saturated rings. The summed E-state index contributed by atoms with van der Waals surface area (Å²) in [6.45, 7) is 0. The van der Waals surface area contributed by atoms with Gasteiger partial charge in [0.05, 0.1) is 17.4 Å². The van der Waals surface area contributed by atoms with Crippen molar-refractivity contribution < 1.29 is 13.2 Å². The van der Waals surface area contributed by atoms with Gasteiger partial charge in [-0.15, -0.1) is 11.3 Å². The average molecular weight is 283 g/mol. The number of benzene rings is 1. The third-order valence-corrected chi connectivity index (χ3v) is 3.84. The van der Waals surface area contributed by atoms with Crippen LogP contribution < -0.4 is 10.5 Å². The Balaban J connectivity index is 2.33. The number of hydrogen-bond acceptors (Lipinski definition) is 5. The fourth-order valence-corrected chi connectivity index (χ4v) is 2.54. The third-order valence-electron chi connectivity index (χ3n) is 2.10. The molecule has 0 saturated carbocycles. The fourth-order valence-electron chi connectivity index (χ4n) is 1.33. The van der Waals surface area contributed by atoms with Crippen molar-refractivity contribution in [2.24, 2.45) is 5.14 Å². The van der Waals surface area contributed by atoms with Crippen LogP contribution in [0.5, 0.6) is 0 Å². The molecule has 0 unspecified atom stereocenters. The number of carbonyl (C=O) groups is 1. The molecule has 0 bridgehead atoms. The van der Waals surface area contributed by atoms with Crippen molar-refractivity contribution in [1.29, 1.82) is 0 Å². The van der Waals surface area contributed by atoms with E-state index in [1.165, 1.54) is 29.9 Å². The van der Waals surface area contributed by atoms with E-state index in [9.17, 15) is 13.2 Å². The first-order valence-electron chi connectivity index (χ1n) is 4.80. The van der Waals surface area contributed by atoms with Gasteiger partial charge >= 0.3 is 0 Å². The molecule has 18 heavy (non-hydrogen) atoms. The number of hydrogen-bond donors (Lipinski definition) is 2. The molecule has 0 atom stereocenters. The number of nitrogens with two attached hydrogens (primary N) is 1. The van der Waals surface area contributed by atoms with Crippen molar-refractivity contribution in [3.05, 3.63) is 40.8 Å². The Kier molecular flexibility index (Phi) is 3.41. The maximum atomic E-state index is 11.8. The van der Waals surface area contributed by atoms with Crippen LogP contribution in [0.1, 0.15) is 9.67 Å². The van der Waals surface area contributed by atoms with Crippen LogP contribution in [-0.2, 0) is 10.0 Å². The molecule has 2 aromatic rings. The number of aromatic nitrogens is 1. The zero-order chi connectivity index (χ0) is 13.2. The van der Waals surface area contributed by atoms with Crippen molar-refractivity contribution in [1.82, 2.24) is 4.98 Å². The van der Waals surface area contributed by atoms with E-state index in [-0.39, 0.29) is 10.6 Å². The number of nitrogens with zero attached hydrogens (tertiary/aromatic N) is 1. The second-order valence-corrected chi connectivity index (χ2v) is 5.78. The van der Waals surface area contributed by atoms with E-state index in [1.54, 1.807) is 6.07 Å². The molecule has 6 nitrogen and oxygen atoms in total. The summed E-state index contributed by atoms with van der Waals surface area (Å²) in [6.07, 6.45) is 1.40. The maximum Gasteiger partial charge on any atom is 0.267 e. The van der Waals surface area contributed by atoms with Gasteiger partial charge in [-0.25, -0.2) is 13.6 Å². The third kappa shape index (κ3) is 2.73. The Hall–Kier alpha value is -1.77. The molecule has 2 rings (SSSR count). The summed E-state index contributed by atoms with van der Waals surface area (Å²) in [7, 11) is -3.87. The summed E-state index contributed by atoms with van der Waals surface area (Å²) in [4.78, 5) is 15.8. The summed E-state index contributed by atoms with van der Waals surface area (Å²) in [5.41, 5.74) is 1.67. The normalized spacial score (nSPS) is 11.2. The first-order chi connectivity index (χ1) is 8.48. The lowest BCUT2D eigenvalue weighted by atomic mass is 10.3. The number of carbonyl (C=O) groups excluding carboxylic acids is 1. The lowest BCUT2D eigenvalue weighted by molar-refractivity contribution is 0.103. The molecule has 1 heterocycles. The highest BCUT2D eigenvalue weighted by atomic mass is 32.2. The summed E-state index contributed by atoms with van der Waals surface area (Å²) in [5.74, 6) is -0.423. The van der Waals surface area contributed by atoms with E-state index in [1.807, 2.05) is 0 Å². The van der Waals surface area contributed by atoms with Crippen LogP contribution in [-0.4, -0.2) is 19.3 Å². The van der Waals surface area contributed by atoms with Crippen LogP contribution in [0, 0.1) is 0 Å². The number of anilines is 1. The molecule has 3 N–H and O–H groups in total. The van der Waals surface area contributed by atoms with E-state index in [2.05, 4.69) is 10.3 Å². The second-order valence-electron chi connectivity index (χ2n) is 3.36. The summed E-state index contributed by atoms with van der Waals surface area (Å²) >= 11 is 1.16. The lowest BCUT2D eigenvalue weighted by Crippen LogP contribution is -2.17. The number of para-hydroxylation sites is 1. The summed E-state index contributed by atoms with van der Waals surface area (Å²) < 4.78 is 22.7. The van der Waals surface area contributed by atoms with Crippen molar-refractivity contribution in [3.63, 3.8) is 0 Å². The van der Waals surface area contributed by atoms with Gasteiger partial charge in [-0.05, 0) is 12.1 Å². The Morgan fingerprint density at radius 2 is 2.06 bits per heavy atom. The molecule has 1 aromatic carbocycles. The molecule has 0 aliphatic heterocycles. The standard InChI is InChI=1S/C10H9N3O3S2/c11-18(15,16)9-4-2-1-3-7(9)13-10(14)8-5-12-6-17-8/h1-6H,(H,13,14)(H2,11,15,16). The lowest BCUT2D eigenvalue weighted by Gasteiger charge is -2.08. The van der Waals surface area contributed by atoms with E-state index < -0.39 is 15.9 Å². The Morgan fingerprint density at radius 3 is 2.67 bits per heavy atom. The van der Waals surface area contributed by atoms with Gasteiger partial charge < -0.3 is 5.32 Å². The molecule has 8 heteroatoms. The topological polar surface area (TPSA) is 102 Å². The van der Waals surface area contributed by atoms with Crippen LogP contribution in [0.25, 0.3) is 0 Å². The van der Waals surface area contributed by atoms with Gasteiger partial charge in [0.15, 0.2) is 0 Å². The van der Waals surface area contributed by atoms with Gasteiger partial charge in [-0.1, -0.05) is 12.1 Å². The molecule has 1 aromatic heterocycles. The molecule has 0 aliphatic rings. The number of amides is 1. The minimum Gasteiger partial charge on any atom is -0.320 e. The number of sulfonamides is 1. The maximum absolute atomic E-state index is 11.8. The number of rotatable bonds is 3. The van der Waals surface area contributed by atoms with Gasteiger partial charge in [0.25, 0.3) is 5.91 Å². The predicted molar refractivity (Wildman–Crippen MR) is 67.9 cm³/mol. The van der Waals surface area contributed by atoms with Crippen molar-refractivity contribution in [3.8, 4) is 0 Å². The van der Waals surface area contributed by atoms with Crippen molar-refractivity contribution in [2.45, 2.75) is 4.90 Å². The van der Waals surface area contributed by atoms with Crippen LogP contribution in [0.4, 0.5) is 5.69 Å². The van der Waals surface area contributed by atoms with Gasteiger partial charge in [-0.3, -0.25) is 9.78 Å². The zero-order valence-electron chi connectivity index (χ0n) is 9.03. The minimum atomic E-state index is -3.87. The van der Waals surface area contributed by atoms with Gasteiger partial charge in [0.2, 0.25) is 10.0 Å². The molecular weight excluding hydrogens is 274 g/mol. The molecule has 0 aliphatic carbocycles. The monoisotopic (exact) mass is 283 g/mol. The van der Waals surface area contributed by atoms with Crippen molar-refractivity contribution in [2.75, 3.05) is 5.32 Å². The second kappa shape index (κ2) is 4.84. The molecule has 0 saturated heterocycles.